The Morgan fingerprint density at radius 3 is 1.73 bits per heavy atom. The van der Waals surface area contributed by atoms with Gasteiger partial charge in [0.2, 0.25) is 0 Å². The normalized spacial score (nSPS) is 12.8. The molecule has 0 spiro atoms. The van der Waals surface area contributed by atoms with E-state index < -0.39 is 0 Å². The SMILES string of the molecule is CCN(CC)CCCC(C)Nc1cc(Cl)c2ccccc2n1.CCN(CC)CCCC(C)Nc1cc(Cl)nc2ccccc12. The van der Waals surface area contributed by atoms with Gasteiger partial charge in [-0.1, -0.05) is 87.3 Å². The number of nitrogens with zero attached hydrogens (tertiary/aromatic N) is 4. The van der Waals surface area contributed by atoms with Gasteiger partial charge in [0.25, 0.3) is 0 Å². The number of fused-ring (bicyclic) bond motifs is 2. The molecule has 0 radical (unpaired) electrons. The van der Waals surface area contributed by atoms with E-state index in [1.54, 1.807) is 0 Å². The van der Waals surface area contributed by atoms with Crippen LogP contribution in [0.5, 0.6) is 0 Å². The van der Waals surface area contributed by atoms with Gasteiger partial charge in [0, 0.05) is 28.5 Å². The summed E-state index contributed by atoms with van der Waals surface area (Å²) in [6.45, 7) is 20.1. The lowest BCUT2D eigenvalue weighted by molar-refractivity contribution is 0.295. The molecule has 0 amide bonds. The third kappa shape index (κ3) is 11.4. The van der Waals surface area contributed by atoms with Crippen LogP contribution in [0.15, 0.2) is 60.7 Å². The van der Waals surface area contributed by atoms with Gasteiger partial charge in [-0.15, -0.1) is 0 Å². The summed E-state index contributed by atoms with van der Waals surface area (Å²) in [6, 6.07) is 20.7. The summed E-state index contributed by atoms with van der Waals surface area (Å²) in [5.41, 5.74) is 2.95. The van der Waals surface area contributed by atoms with Crippen LogP contribution in [0, 0.1) is 0 Å². The third-order valence-electron chi connectivity index (χ3n) is 8.16. The molecule has 2 aromatic carbocycles. The molecule has 0 saturated carbocycles. The second kappa shape index (κ2) is 19.0. The zero-order chi connectivity index (χ0) is 31.9. The van der Waals surface area contributed by atoms with Crippen molar-refractivity contribution in [2.75, 3.05) is 49.9 Å². The molecule has 4 rings (SSSR count). The molecule has 240 valence electrons. The molecular weight excluding hydrogens is 587 g/mol. The van der Waals surface area contributed by atoms with E-state index >= 15 is 0 Å². The van der Waals surface area contributed by atoms with Crippen molar-refractivity contribution in [2.45, 2.75) is 79.3 Å². The number of anilines is 2. The molecule has 2 unspecified atom stereocenters. The van der Waals surface area contributed by atoms with Gasteiger partial charge >= 0.3 is 0 Å². The van der Waals surface area contributed by atoms with E-state index in [1.807, 2.05) is 54.6 Å². The minimum Gasteiger partial charge on any atom is -0.382 e. The lowest BCUT2D eigenvalue weighted by Gasteiger charge is -2.21. The van der Waals surface area contributed by atoms with Crippen LogP contribution >= 0.6 is 23.2 Å². The Balaban J connectivity index is 0.000000240. The Kier molecular flexibility index (Phi) is 15.5. The molecule has 0 aliphatic heterocycles. The van der Waals surface area contributed by atoms with Crippen molar-refractivity contribution in [3.63, 3.8) is 0 Å². The summed E-state index contributed by atoms with van der Waals surface area (Å²) < 4.78 is 0. The van der Waals surface area contributed by atoms with Gasteiger partial charge in [-0.3, -0.25) is 0 Å². The molecule has 4 aromatic rings. The van der Waals surface area contributed by atoms with E-state index in [2.05, 4.69) is 78.0 Å². The second-order valence-corrected chi connectivity index (χ2v) is 12.2. The van der Waals surface area contributed by atoms with Gasteiger partial charge in [-0.05, 0) is 103 Å². The molecule has 2 atom stereocenters. The Bertz CT molecular complexity index is 1400. The van der Waals surface area contributed by atoms with Crippen LogP contribution in [0.4, 0.5) is 11.5 Å². The Labute approximate surface area is 275 Å². The summed E-state index contributed by atoms with van der Waals surface area (Å²) in [5.74, 6) is 0.860. The van der Waals surface area contributed by atoms with Gasteiger partial charge < -0.3 is 20.4 Å². The number of rotatable bonds is 16. The number of benzene rings is 2. The van der Waals surface area contributed by atoms with Crippen LogP contribution in [0.2, 0.25) is 10.2 Å². The fraction of sp³-hybridized carbons (Fsp3) is 0.500. The van der Waals surface area contributed by atoms with Gasteiger partial charge in [-0.25, -0.2) is 9.97 Å². The molecule has 0 aliphatic carbocycles. The third-order valence-corrected chi connectivity index (χ3v) is 8.66. The molecule has 0 saturated heterocycles. The van der Waals surface area contributed by atoms with E-state index in [1.165, 1.54) is 12.8 Å². The van der Waals surface area contributed by atoms with Crippen molar-refractivity contribution in [1.29, 1.82) is 0 Å². The first-order valence-electron chi connectivity index (χ1n) is 16.4. The monoisotopic (exact) mass is 638 g/mol. The summed E-state index contributed by atoms with van der Waals surface area (Å²) in [6.07, 6.45) is 4.66. The fourth-order valence-corrected chi connectivity index (χ4v) is 5.92. The summed E-state index contributed by atoms with van der Waals surface area (Å²) in [5, 5.41) is 10.5. The van der Waals surface area contributed by atoms with Gasteiger partial charge in [0.1, 0.15) is 11.0 Å². The maximum atomic E-state index is 6.34. The molecule has 2 N–H and O–H groups in total. The smallest absolute Gasteiger partial charge is 0.131 e. The van der Waals surface area contributed by atoms with E-state index in [0.29, 0.717) is 17.2 Å². The second-order valence-electron chi connectivity index (χ2n) is 11.4. The quantitative estimate of drug-likeness (QED) is 0.119. The average Bonchev–Trinajstić information content (AvgIpc) is 3.02. The van der Waals surface area contributed by atoms with Crippen LogP contribution in [0.25, 0.3) is 21.8 Å². The number of hydrogen-bond donors (Lipinski definition) is 2. The topological polar surface area (TPSA) is 56.3 Å². The van der Waals surface area contributed by atoms with Crippen molar-refractivity contribution in [2.24, 2.45) is 0 Å². The van der Waals surface area contributed by atoms with Gasteiger partial charge in [0.05, 0.1) is 16.1 Å². The Morgan fingerprint density at radius 2 is 1.16 bits per heavy atom. The number of halogens is 2. The highest BCUT2D eigenvalue weighted by atomic mass is 35.5. The molecule has 6 nitrogen and oxygen atoms in total. The molecule has 0 aliphatic rings. The largest absolute Gasteiger partial charge is 0.382 e. The first-order chi connectivity index (χ1) is 21.3. The maximum Gasteiger partial charge on any atom is 0.131 e. The minimum atomic E-state index is 0.389. The van der Waals surface area contributed by atoms with Crippen molar-refractivity contribution in [3.8, 4) is 0 Å². The van der Waals surface area contributed by atoms with Crippen LogP contribution in [-0.4, -0.2) is 71.1 Å². The highest BCUT2D eigenvalue weighted by Crippen LogP contribution is 2.27. The van der Waals surface area contributed by atoms with Crippen LogP contribution in [0.3, 0.4) is 0 Å². The number of nitrogens with one attached hydrogen (secondary N) is 2. The zero-order valence-corrected chi connectivity index (χ0v) is 29.1. The molecule has 2 aromatic heterocycles. The number of hydrogen-bond acceptors (Lipinski definition) is 6. The molecular formula is C36H52Cl2N6. The van der Waals surface area contributed by atoms with Gasteiger partial charge in [-0.2, -0.15) is 0 Å². The lowest BCUT2D eigenvalue weighted by Crippen LogP contribution is -2.25. The van der Waals surface area contributed by atoms with E-state index in [9.17, 15) is 0 Å². The van der Waals surface area contributed by atoms with Crippen LogP contribution in [0.1, 0.15) is 67.2 Å². The predicted octanol–water partition coefficient (Wildman–Crippen LogP) is 9.62. The van der Waals surface area contributed by atoms with Crippen molar-refractivity contribution >= 4 is 56.5 Å². The number of pyridine rings is 2. The van der Waals surface area contributed by atoms with Gasteiger partial charge in [0.15, 0.2) is 0 Å². The zero-order valence-electron chi connectivity index (χ0n) is 27.5. The van der Waals surface area contributed by atoms with Crippen LogP contribution in [-0.2, 0) is 0 Å². The van der Waals surface area contributed by atoms with Crippen molar-refractivity contribution in [1.82, 2.24) is 19.8 Å². The van der Waals surface area contributed by atoms with Crippen molar-refractivity contribution < 1.29 is 0 Å². The highest BCUT2D eigenvalue weighted by molar-refractivity contribution is 6.35. The Morgan fingerprint density at radius 1 is 0.659 bits per heavy atom. The average molecular weight is 640 g/mol. The molecule has 0 bridgehead atoms. The van der Waals surface area contributed by atoms with E-state index in [-0.39, 0.29) is 0 Å². The number of aromatic nitrogens is 2. The standard InChI is InChI=1S/2C18H26ClN3/c1-4-22(5-2)12-8-9-14(3)20-18-13-16(19)15-10-6-7-11-17(15)21-18;1-4-22(5-2)12-8-9-14(3)20-17-13-18(19)21-16-11-7-6-10-15(16)17/h2*6-7,10-11,13-14H,4-5,8-9,12H2,1-3H3,(H,20,21). The van der Waals surface area contributed by atoms with E-state index in [4.69, 9.17) is 23.2 Å². The highest BCUT2D eigenvalue weighted by Gasteiger charge is 2.10. The Hall–Kier alpha value is -2.64. The summed E-state index contributed by atoms with van der Waals surface area (Å²) >= 11 is 12.5. The molecule has 44 heavy (non-hydrogen) atoms. The van der Waals surface area contributed by atoms with Crippen molar-refractivity contribution in [3.05, 3.63) is 70.8 Å². The first-order valence-corrected chi connectivity index (χ1v) is 17.1. The first kappa shape index (κ1) is 35.8. The summed E-state index contributed by atoms with van der Waals surface area (Å²) in [7, 11) is 0. The molecule has 0 fully saturated rings. The maximum absolute atomic E-state index is 6.34. The summed E-state index contributed by atoms with van der Waals surface area (Å²) in [4.78, 5) is 13.9. The predicted molar refractivity (Wildman–Crippen MR) is 194 cm³/mol. The van der Waals surface area contributed by atoms with Crippen LogP contribution < -0.4 is 10.6 Å². The minimum absolute atomic E-state index is 0.389. The molecule has 2 heterocycles. The van der Waals surface area contributed by atoms with E-state index in [0.717, 1.165) is 90.4 Å². The fourth-order valence-electron chi connectivity index (χ4n) is 5.45. The number of para-hydroxylation sites is 2. The lowest BCUT2D eigenvalue weighted by atomic mass is 10.1. The molecule has 8 heteroatoms.